The maximum atomic E-state index is 8.26. The predicted octanol–water partition coefficient (Wildman–Crippen LogP) is 1.76. The van der Waals surface area contributed by atoms with Crippen molar-refractivity contribution in [3.63, 3.8) is 0 Å². The molecule has 0 unspecified atom stereocenters. The van der Waals surface area contributed by atoms with Crippen LogP contribution in [0, 0.1) is 11.3 Å². The second-order valence-electron chi connectivity index (χ2n) is 4.00. The van der Waals surface area contributed by atoms with E-state index in [0.29, 0.717) is 6.42 Å². The van der Waals surface area contributed by atoms with Gasteiger partial charge in [-0.25, -0.2) is 0 Å². The smallest absolute Gasteiger partial charge is 0.0622 e. The largest absolute Gasteiger partial charge is 0.319 e. The summed E-state index contributed by atoms with van der Waals surface area (Å²) in [4.78, 5) is 0. The molecule has 2 nitrogen and oxygen atoms in total. The molecule has 64 valence electrons. The molecule has 0 aromatic carbocycles. The Hall–Kier alpha value is -0.333. The van der Waals surface area contributed by atoms with E-state index in [1.165, 1.54) is 6.17 Å². The third-order valence-corrected chi connectivity index (χ3v) is 2.61. The van der Waals surface area contributed by atoms with Crippen LogP contribution in [0.1, 0.15) is 12.8 Å². The topological polar surface area (TPSA) is 35.8 Å². The summed E-state index contributed by atoms with van der Waals surface area (Å²) in [7, 11) is -0.911. The van der Waals surface area contributed by atoms with Gasteiger partial charge in [0, 0.05) is 6.42 Å². The van der Waals surface area contributed by atoms with Crippen LogP contribution in [-0.2, 0) is 0 Å². The molecule has 0 atom stereocenters. The summed E-state index contributed by atoms with van der Waals surface area (Å²) in [6.45, 7) is 8.01. The average Bonchev–Trinajstić information content (AvgIpc) is 1.85. The van der Waals surface area contributed by atoms with Crippen molar-refractivity contribution >= 4 is 8.07 Å². The Bertz CT molecular complexity index is 132. The van der Waals surface area contributed by atoms with Gasteiger partial charge in [-0.15, -0.1) is 0 Å². The second-order valence-corrected chi connectivity index (χ2v) is 9.47. The highest BCUT2D eigenvalue weighted by Crippen LogP contribution is 1.96. The molecule has 0 bridgehead atoms. The maximum absolute atomic E-state index is 8.26. The van der Waals surface area contributed by atoms with Gasteiger partial charge in [0.2, 0.25) is 0 Å². The van der Waals surface area contributed by atoms with E-state index >= 15 is 0 Å². The normalized spacial score (nSPS) is 11.1. The number of nitrogens with zero attached hydrogens (tertiary/aromatic N) is 1. The van der Waals surface area contributed by atoms with Gasteiger partial charge >= 0.3 is 0 Å². The summed E-state index contributed by atoms with van der Waals surface area (Å²) in [5.41, 5.74) is 0. The van der Waals surface area contributed by atoms with E-state index in [1.807, 2.05) is 0 Å². The molecule has 1 N–H and O–H groups in total. The molecule has 0 fully saturated rings. The quantitative estimate of drug-likeness (QED) is 0.504. The van der Waals surface area contributed by atoms with E-state index < -0.39 is 8.07 Å². The first kappa shape index (κ1) is 10.7. The average molecular weight is 170 g/mol. The molecular weight excluding hydrogens is 152 g/mol. The van der Waals surface area contributed by atoms with Crippen molar-refractivity contribution in [3.05, 3.63) is 0 Å². The minimum absolute atomic E-state index is 0.679. The number of hydrogen-bond donors (Lipinski definition) is 1. The lowest BCUT2D eigenvalue weighted by Crippen LogP contribution is -2.36. The van der Waals surface area contributed by atoms with E-state index in [9.17, 15) is 0 Å². The Balaban J connectivity index is 3.10. The van der Waals surface area contributed by atoms with Gasteiger partial charge in [-0.3, -0.25) is 0 Å². The van der Waals surface area contributed by atoms with Crippen molar-refractivity contribution in [3.8, 4) is 6.07 Å². The van der Waals surface area contributed by atoms with Crippen LogP contribution in [0.15, 0.2) is 0 Å². The standard InChI is InChI=1S/C8H18N2Si/c1-11(2,3)8-10-7-5-4-6-9/h10H,4-5,7-8H2,1-3H3. The van der Waals surface area contributed by atoms with E-state index in [-0.39, 0.29) is 0 Å². The molecule has 0 aromatic rings. The van der Waals surface area contributed by atoms with Crippen LogP contribution in [0.4, 0.5) is 0 Å². The van der Waals surface area contributed by atoms with Crippen molar-refractivity contribution in [1.82, 2.24) is 5.32 Å². The van der Waals surface area contributed by atoms with E-state index in [0.717, 1.165) is 13.0 Å². The van der Waals surface area contributed by atoms with Crippen molar-refractivity contribution in [2.24, 2.45) is 0 Å². The van der Waals surface area contributed by atoms with Gasteiger partial charge < -0.3 is 5.32 Å². The van der Waals surface area contributed by atoms with Gasteiger partial charge in [-0.2, -0.15) is 5.26 Å². The van der Waals surface area contributed by atoms with Crippen LogP contribution < -0.4 is 5.32 Å². The molecule has 0 aliphatic carbocycles. The molecule has 0 spiro atoms. The summed E-state index contributed by atoms with van der Waals surface area (Å²) >= 11 is 0. The monoisotopic (exact) mass is 170 g/mol. The molecule has 0 aromatic heterocycles. The summed E-state index contributed by atoms with van der Waals surface area (Å²) in [6, 6.07) is 2.14. The van der Waals surface area contributed by atoms with Crippen LogP contribution in [-0.4, -0.2) is 20.8 Å². The van der Waals surface area contributed by atoms with Gasteiger partial charge in [0.15, 0.2) is 0 Å². The van der Waals surface area contributed by atoms with Crippen LogP contribution >= 0.6 is 0 Å². The number of nitriles is 1. The fourth-order valence-electron chi connectivity index (χ4n) is 0.756. The second kappa shape index (κ2) is 5.33. The van der Waals surface area contributed by atoms with Crippen molar-refractivity contribution < 1.29 is 0 Å². The first-order valence-electron chi connectivity index (χ1n) is 4.14. The Kier molecular flexibility index (Phi) is 5.17. The molecule has 3 heteroatoms. The zero-order valence-electron chi connectivity index (χ0n) is 7.78. The number of nitrogens with one attached hydrogen (secondary N) is 1. The summed E-state index contributed by atoms with van der Waals surface area (Å²) < 4.78 is 0. The SMILES string of the molecule is C[Si](C)(C)CNCCCC#N. The minimum Gasteiger partial charge on any atom is -0.319 e. The number of unbranched alkanes of at least 4 members (excludes halogenated alkanes) is 1. The van der Waals surface area contributed by atoms with Gasteiger partial charge in [-0.1, -0.05) is 19.6 Å². The van der Waals surface area contributed by atoms with Crippen molar-refractivity contribution in [2.75, 3.05) is 12.7 Å². The number of hydrogen-bond acceptors (Lipinski definition) is 2. The fraction of sp³-hybridized carbons (Fsp3) is 0.875. The lowest BCUT2D eigenvalue weighted by Gasteiger charge is -2.15. The molecule has 0 rings (SSSR count). The Morgan fingerprint density at radius 2 is 2.00 bits per heavy atom. The molecule has 0 radical (unpaired) electrons. The molecule has 0 aliphatic rings. The zero-order chi connectivity index (χ0) is 8.74. The van der Waals surface area contributed by atoms with E-state index in [1.54, 1.807) is 0 Å². The third-order valence-electron chi connectivity index (χ3n) is 1.30. The van der Waals surface area contributed by atoms with Gasteiger partial charge in [-0.05, 0) is 19.1 Å². The van der Waals surface area contributed by atoms with Gasteiger partial charge in [0.05, 0.1) is 14.1 Å². The highest BCUT2D eigenvalue weighted by molar-refractivity contribution is 6.76. The molecule has 0 heterocycles. The van der Waals surface area contributed by atoms with Crippen molar-refractivity contribution in [2.45, 2.75) is 32.5 Å². The minimum atomic E-state index is -0.911. The highest BCUT2D eigenvalue weighted by Gasteiger charge is 2.10. The van der Waals surface area contributed by atoms with Crippen LogP contribution in [0.5, 0.6) is 0 Å². The Morgan fingerprint density at radius 1 is 1.36 bits per heavy atom. The molecule has 0 saturated carbocycles. The first-order chi connectivity index (χ1) is 5.06. The summed E-state index contributed by atoms with van der Waals surface area (Å²) in [5.74, 6) is 0. The summed E-state index contributed by atoms with van der Waals surface area (Å²) in [6.07, 6.45) is 2.83. The molecular formula is C8H18N2Si. The Morgan fingerprint density at radius 3 is 2.45 bits per heavy atom. The Labute approximate surface area is 70.6 Å². The summed E-state index contributed by atoms with van der Waals surface area (Å²) in [5, 5.41) is 11.6. The maximum Gasteiger partial charge on any atom is 0.0622 e. The predicted molar refractivity (Wildman–Crippen MR) is 51.1 cm³/mol. The van der Waals surface area contributed by atoms with Crippen LogP contribution in [0.3, 0.4) is 0 Å². The van der Waals surface area contributed by atoms with Crippen LogP contribution in [0.2, 0.25) is 19.6 Å². The number of rotatable bonds is 5. The van der Waals surface area contributed by atoms with Crippen molar-refractivity contribution in [1.29, 1.82) is 5.26 Å². The zero-order valence-corrected chi connectivity index (χ0v) is 8.78. The highest BCUT2D eigenvalue weighted by atomic mass is 28.3. The van der Waals surface area contributed by atoms with Gasteiger partial charge in [0.1, 0.15) is 0 Å². The molecule has 11 heavy (non-hydrogen) atoms. The first-order valence-corrected chi connectivity index (χ1v) is 7.84. The molecule has 0 aliphatic heterocycles. The van der Waals surface area contributed by atoms with E-state index in [4.69, 9.17) is 5.26 Å². The third kappa shape index (κ3) is 9.67. The lowest BCUT2D eigenvalue weighted by atomic mass is 10.3. The molecule has 0 amide bonds. The fourth-order valence-corrected chi connectivity index (χ4v) is 1.68. The molecule has 0 saturated heterocycles. The van der Waals surface area contributed by atoms with Crippen LogP contribution in [0.25, 0.3) is 0 Å². The lowest BCUT2D eigenvalue weighted by molar-refractivity contribution is 0.715. The van der Waals surface area contributed by atoms with Gasteiger partial charge in [0.25, 0.3) is 0 Å². The van der Waals surface area contributed by atoms with E-state index in [2.05, 4.69) is 31.0 Å².